The first kappa shape index (κ1) is 15.0. The Morgan fingerprint density at radius 2 is 2.10 bits per heavy atom. The molecule has 5 heteroatoms. The number of benzene rings is 1. The molecular weight excluding hydrogens is 258 g/mol. The van der Waals surface area contributed by atoms with Crippen molar-refractivity contribution in [2.45, 2.75) is 51.7 Å². The van der Waals surface area contributed by atoms with Gasteiger partial charge in [0.1, 0.15) is 5.75 Å². The van der Waals surface area contributed by atoms with E-state index >= 15 is 0 Å². The van der Waals surface area contributed by atoms with Crippen molar-refractivity contribution in [1.29, 1.82) is 0 Å². The lowest BCUT2D eigenvalue weighted by Gasteiger charge is -2.16. The summed E-state index contributed by atoms with van der Waals surface area (Å²) in [5.74, 6) is -0.758. The maximum atomic E-state index is 12.1. The van der Waals surface area contributed by atoms with E-state index < -0.39 is 17.9 Å². The standard InChI is InChI=1S/C15H21NO4/c1-9(16)11-6-5-7-12(8-11)18-14(17)13-10(2)19-15(3,4)20-13/h5-10,13H,16H2,1-4H3. The Balaban J connectivity index is 2.07. The van der Waals surface area contributed by atoms with Gasteiger partial charge in [0.05, 0.1) is 6.10 Å². The second-order valence-electron chi connectivity index (χ2n) is 5.54. The Kier molecular flexibility index (Phi) is 4.13. The van der Waals surface area contributed by atoms with Crippen LogP contribution in [-0.4, -0.2) is 24.0 Å². The molecule has 0 aliphatic carbocycles. The Bertz CT molecular complexity index is 498. The van der Waals surface area contributed by atoms with Crippen LogP contribution in [0.3, 0.4) is 0 Å². The Labute approximate surface area is 119 Å². The molecule has 1 saturated heterocycles. The van der Waals surface area contributed by atoms with Crippen molar-refractivity contribution in [3.63, 3.8) is 0 Å². The predicted octanol–water partition coefficient (Wildman–Crippen LogP) is 2.15. The molecule has 1 heterocycles. The van der Waals surface area contributed by atoms with E-state index in [4.69, 9.17) is 19.9 Å². The largest absolute Gasteiger partial charge is 0.425 e. The molecule has 1 aromatic rings. The van der Waals surface area contributed by atoms with E-state index in [1.165, 1.54) is 0 Å². The highest BCUT2D eigenvalue weighted by Gasteiger charge is 2.43. The lowest BCUT2D eigenvalue weighted by molar-refractivity contribution is -0.163. The minimum Gasteiger partial charge on any atom is -0.425 e. The number of hydrogen-bond donors (Lipinski definition) is 1. The van der Waals surface area contributed by atoms with Gasteiger partial charge in [-0.25, -0.2) is 4.79 Å². The molecule has 1 aliphatic heterocycles. The first-order valence-corrected chi connectivity index (χ1v) is 6.71. The minimum absolute atomic E-state index is 0.113. The van der Waals surface area contributed by atoms with Gasteiger partial charge in [-0.05, 0) is 45.4 Å². The number of hydrogen-bond acceptors (Lipinski definition) is 5. The van der Waals surface area contributed by atoms with Crippen molar-refractivity contribution in [3.05, 3.63) is 29.8 Å². The molecule has 3 atom stereocenters. The van der Waals surface area contributed by atoms with E-state index in [1.807, 2.05) is 13.0 Å². The third-order valence-electron chi connectivity index (χ3n) is 3.14. The third kappa shape index (κ3) is 3.36. The van der Waals surface area contributed by atoms with Gasteiger partial charge in [0, 0.05) is 6.04 Å². The topological polar surface area (TPSA) is 70.8 Å². The Hall–Kier alpha value is -1.43. The molecule has 3 unspecified atom stereocenters. The average molecular weight is 279 g/mol. The van der Waals surface area contributed by atoms with Crippen LogP contribution in [0.15, 0.2) is 24.3 Å². The highest BCUT2D eigenvalue weighted by Crippen LogP contribution is 2.29. The van der Waals surface area contributed by atoms with Crippen LogP contribution in [0.2, 0.25) is 0 Å². The second-order valence-corrected chi connectivity index (χ2v) is 5.54. The quantitative estimate of drug-likeness (QED) is 0.678. The van der Waals surface area contributed by atoms with Crippen molar-refractivity contribution < 1.29 is 19.0 Å². The number of rotatable bonds is 3. The number of esters is 1. The first-order valence-electron chi connectivity index (χ1n) is 6.71. The molecule has 0 bridgehead atoms. The van der Waals surface area contributed by atoms with E-state index in [2.05, 4.69) is 0 Å². The molecule has 20 heavy (non-hydrogen) atoms. The lowest BCUT2D eigenvalue weighted by Crippen LogP contribution is -2.33. The van der Waals surface area contributed by atoms with E-state index in [0.29, 0.717) is 5.75 Å². The van der Waals surface area contributed by atoms with E-state index in [0.717, 1.165) is 5.56 Å². The highest BCUT2D eigenvalue weighted by molar-refractivity contribution is 5.78. The van der Waals surface area contributed by atoms with Crippen LogP contribution < -0.4 is 10.5 Å². The smallest absolute Gasteiger partial charge is 0.343 e. The molecule has 2 N–H and O–H groups in total. The van der Waals surface area contributed by atoms with Crippen molar-refractivity contribution in [3.8, 4) is 5.75 Å². The summed E-state index contributed by atoms with van der Waals surface area (Å²) in [7, 11) is 0. The normalized spacial score (nSPS) is 26.2. The van der Waals surface area contributed by atoms with E-state index in [9.17, 15) is 4.79 Å². The number of ether oxygens (including phenoxy) is 3. The molecule has 0 saturated carbocycles. The second kappa shape index (κ2) is 5.52. The summed E-state index contributed by atoms with van der Waals surface area (Å²) in [6.07, 6.45) is -1.06. The first-order chi connectivity index (χ1) is 9.28. The lowest BCUT2D eigenvalue weighted by atomic mass is 10.1. The maximum Gasteiger partial charge on any atom is 0.343 e. The fourth-order valence-corrected chi connectivity index (χ4v) is 2.21. The molecule has 0 aromatic heterocycles. The Morgan fingerprint density at radius 3 is 2.65 bits per heavy atom. The summed E-state index contributed by atoms with van der Waals surface area (Å²) in [6, 6.07) is 7.06. The zero-order valence-corrected chi connectivity index (χ0v) is 12.3. The van der Waals surface area contributed by atoms with Crippen LogP contribution in [-0.2, 0) is 14.3 Å². The van der Waals surface area contributed by atoms with Crippen LogP contribution in [0, 0.1) is 0 Å². The summed E-state index contributed by atoms with van der Waals surface area (Å²) in [5, 5.41) is 0. The van der Waals surface area contributed by atoms with Gasteiger partial charge in [-0.15, -0.1) is 0 Å². The molecule has 1 aliphatic rings. The van der Waals surface area contributed by atoms with Gasteiger partial charge in [0.25, 0.3) is 0 Å². The van der Waals surface area contributed by atoms with Crippen LogP contribution in [0.25, 0.3) is 0 Å². The van der Waals surface area contributed by atoms with Crippen molar-refractivity contribution in [2.24, 2.45) is 5.73 Å². The van der Waals surface area contributed by atoms with Crippen LogP contribution in [0.1, 0.15) is 39.3 Å². The van der Waals surface area contributed by atoms with Gasteiger partial charge in [-0.1, -0.05) is 12.1 Å². The van der Waals surface area contributed by atoms with Gasteiger partial charge in [-0.2, -0.15) is 0 Å². The molecular formula is C15H21NO4. The van der Waals surface area contributed by atoms with Crippen LogP contribution >= 0.6 is 0 Å². The summed E-state index contributed by atoms with van der Waals surface area (Å²) in [5.41, 5.74) is 6.72. The molecule has 0 radical (unpaired) electrons. The summed E-state index contributed by atoms with van der Waals surface area (Å²) in [6.45, 7) is 7.21. The minimum atomic E-state index is -0.767. The number of carbonyl (C=O) groups is 1. The molecule has 1 fully saturated rings. The van der Waals surface area contributed by atoms with Gasteiger partial charge in [-0.3, -0.25) is 0 Å². The summed E-state index contributed by atoms with van der Waals surface area (Å²) >= 11 is 0. The van der Waals surface area contributed by atoms with Crippen molar-refractivity contribution in [1.82, 2.24) is 0 Å². The monoisotopic (exact) mass is 279 g/mol. The molecule has 0 spiro atoms. The van der Waals surface area contributed by atoms with E-state index in [1.54, 1.807) is 39.0 Å². The predicted molar refractivity (Wildman–Crippen MR) is 74.2 cm³/mol. The fraction of sp³-hybridized carbons (Fsp3) is 0.533. The maximum absolute atomic E-state index is 12.1. The molecule has 0 amide bonds. The zero-order chi connectivity index (χ0) is 14.9. The average Bonchev–Trinajstić information content (AvgIpc) is 2.63. The SMILES string of the molecule is CC(N)c1cccc(OC(=O)C2OC(C)(C)OC2C)c1. The number of carbonyl (C=O) groups excluding carboxylic acids is 1. The number of nitrogens with two attached hydrogens (primary N) is 1. The Morgan fingerprint density at radius 1 is 1.40 bits per heavy atom. The molecule has 5 nitrogen and oxygen atoms in total. The van der Waals surface area contributed by atoms with E-state index in [-0.39, 0.29) is 12.1 Å². The zero-order valence-electron chi connectivity index (χ0n) is 12.3. The summed E-state index contributed by atoms with van der Waals surface area (Å²) < 4.78 is 16.4. The molecule has 2 rings (SSSR count). The van der Waals surface area contributed by atoms with Crippen molar-refractivity contribution >= 4 is 5.97 Å². The molecule has 1 aromatic carbocycles. The summed E-state index contributed by atoms with van der Waals surface area (Å²) in [4.78, 5) is 12.1. The van der Waals surface area contributed by atoms with Crippen LogP contribution in [0.5, 0.6) is 5.75 Å². The van der Waals surface area contributed by atoms with Gasteiger partial charge in [0.2, 0.25) is 0 Å². The fourth-order valence-electron chi connectivity index (χ4n) is 2.21. The molecule has 110 valence electrons. The van der Waals surface area contributed by atoms with Gasteiger partial charge < -0.3 is 19.9 Å². The van der Waals surface area contributed by atoms with Gasteiger partial charge in [0.15, 0.2) is 11.9 Å². The van der Waals surface area contributed by atoms with Gasteiger partial charge >= 0.3 is 5.97 Å². The van der Waals surface area contributed by atoms with Crippen LogP contribution in [0.4, 0.5) is 0 Å². The highest BCUT2D eigenvalue weighted by atomic mass is 16.8. The van der Waals surface area contributed by atoms with Crippen molar-refractivity contribution in [2.75, 3.05) is 0 Å². The third-order valence-corrected chi connectivity index (χ3v) is 3.14.